The van der Waals surface area contributed by atoms with Crippen LogP contribution in [0, 0.1) is 0 Å². The highest BCUT2D eigenvalue weighted by atomic mass is 16.5. The lowest BCUT2D eigenvalue weighted by molar-refractivity contribution is 0.201. The van der Waals surface area contributed by atoms with Gasteiger partial charge in [-0.15, -0.1) is 0 Å². The van der Waals surface area contributed by atoms with Gasteiger partial charge in [0.15, 0.2) is 0 Å². The predicted molar refractivity (Wildman–Crippen MR) is 67.0 cm³/mol. The molecule has 0 amide bonds. The van der Waals surface area contributed by atoms with Gasteiger partial charge in [0, 0.05) is 11.7 Å². The maximum absolute atomic E-state index is 8.62. The van der Waals surface area contributed by atoms with E-state index in [0.717, 1.165) is 11.4 Å². The highest BCUT2D eigenvalue weighted by molar-refractivity contribution is 5.46. The van der Waals surface area contributed by atoms with E-state index in [1.165, 1.54) is 12.8 Å². The first-order valence-electron chi connectivity index (χ1n) is 5.86. The van der Waals surface area contributed by atoms with Gasteiger partial charge in [0.1, 0.15) is 12.4 Å². The third-order valence-corrected chi connectivity index (χ3v) is 2.35. The second-order valence-corrected chi connectivity index (χ2v) is 3.93. The number of aliphatic hydroxyl groups excluding tert-OH is 1. The molecule has 1 rings (SSSR count). The molecule has 1 aromatic carbocycles. The zero-order chi connectivity index (χ0) is 11.8. The van der Waals surface area contributed by atoms with Gasteiger partial charge in [0.25, 0.3) is 0 Å². The number of hydrogen-bond acceptors (Lipinski definition) is 3. The smallest absolute Gasteiger partial charge is 0.119 e. The molecule has 0 aliphatic heterocycles. The van der Waals surface area contributed by atoms with Gasteiger partial charge in [-0.3, -0.25) is 0 Å². The molecule has 0 aliphatic carbocycles. The fourth-order valence-electron chi connectivity index (χ4n) is 1.60. The Kier molecular flexibility index (Phi) is 5.72. The van der Waals surface area contributed by atoms with Gasteiger partial charge >= 0.3 is 0 Å². The third-order valence-electron chi connectivity index (χ3n) is 2.35. The normalized spacial score (nSPS) is 12.2. The number of benzene rings is 1. The van der Waals surface area contributed by atoms with Crippen LogP contribution in [0.25, 0.3) is 0 Å². The quantitative estimate of drug-likeness (QED) is 0.746. The number of rotatable bonds is 7. The van der Waals surface area contributed by atoms with Crippen molar-refractivity contribution < 1.29 is 9.84 Å². The fraction of sp³-hybridized carbons (Fsp3) is 0.538. The summed E-state index contributed by atoms with van der Waals surface area (Å²) in [5, 5.41) is 12.0. The van der Waals surface area contributed by atoms with Crippen LogP contribution in [0.4, 0.5) is 5.69 Å². The van der Waals surface area contributed by atoms with E-state index in [9.17, 15) is 0 Å². The Morgan fingerprint density at radius 2 is 2.00 bits per heavy atom. The van der Waals surface area contributed by atoms with Gasteiger partial charge < -0.3 is 15.2 Å². The minimum Gasteiger partial charge on any atom is -0.491 e. The van der Waals surface area contributed by atoms with E-state index in [0.29, 0.717) is 12.6 Å². The molecule has 1 unspecified atom stereocenters. The van der Waals surface area contributed by atoms with E-state index in [4.69, 9.17) is 9.84 Å². The molecule has 0 heterocycles. The van der Waals surface area contributed by atoms with Gasteiger partial charge in [-0.05, 0) is 37.6 Å². The molecule has 0 saturated carbocycles. The van der Waals surface area contributed by atoms with E-state index in [-0.39, 0.29) is 6.61 Å². The Morgan fingerprint density at radius 3 is 2.56 bits per heavy atom. The molecule has 1 aromatic rings. The Morgan fingerprint density at radius 1 is 1.31 bits per heavy atom. The van der Waals surface area contributed by atoms with Crippen molar-refractivity contribution in [1.82, 2.24) is 0 Å². The lowest BCUT2D eigenvalue weighted by Gasteiger charge is -2.14. The standard InChI is InChI=1S/C13H21NO2/c1-3-4-11(2)14-12-5-7-13(8-6-12)16-10-9-15/h5-8,11,14-15H,3-4,9-10H2,1-2H3. The fourth-order valence-corrected chi connectivity index (χ4v) is 1.60. The number of ether oxygens (including phenoxy) is 1. The Balaban J connectivity index is 2.44. The Labute approximate surface area is 97.4 Å². The van der Waals surface area contributed by atoms with Crippen molar-refractivity contribution in [3.05, 3.63) is 24.3 Å². The van der Waals surface area contributed by atoms with E-state index >= 15 is 0 Å². The largest absolute Gasteiger partial charge is 0.491 e. The Bertz CT molecular complexity index is 284. The number of anilines is 1. The van der Waals surface area contributed by atoms with E-state index in [1.807, 2.05) is 24.3 Å². The molecule has 0 aliphatic rings. The zero-order valence-corrected chi connectivity index (χ0v) is 10.1. The van der Waals surface area contributed by atoms with Gasteiger partial charge in [-0.2, -0.15) is 0 Å². The first kappa shape index (κ1) is 12.8. The molecule has 0 saturated heterocycles. The van der Waals surface area contributed by atoms with Crippen LogP contribution >= 0.6 is 0 Å². The van der Waals surface area contributed by atoms with Crippen LogP contribution in [0.15, 0.2) is 24.3 Å². The maximum atomic E-state index is 8.62. The average molecular weight is 223 g/mol. The molecular formula is C13H21NO2. The van der Waals surface area contributed by atoms with Crippen LogP contribution in [0.3, 0.4) is 0 Å². The summed E-state index contributed by atoms with van der Waals surface area (Å²) in [4.78, 5) is 0. The van der Waals surface area contributed by atoms with Crippen molar-refractivity contribution >= 4 is 5.69 Å². The Hall–Kier alpha value is -1.22. The molecule has 2 N–H and O–H groups in total. The highest BCUT2D eigenvalue weighted by Crippen LogP contribution is 2.17. The van der Waals surface area contributed by atoms with Gasteiger partial charge in [0.05, 0.1) is 6.61 Å². The molecule has 0 spiro atoms. The lowest BCUT2D eigenvalue weighted by Crippen LogP contribution is -2.14. The summed E-state index contributed by atoms with van der Waals surface area (Å²) in [7, 11) is 0. The van der Waals surface area contributed by atoms with Crippen molar-refractivity contribution in [3.8, 4) is 5.75 Å². The summed E-state index contributed by atoms with van der Waals surface area (Å²) >= 11 is 0. The topological polar surface area (TPSA) is 41.5 Å². The van der Waals surface area contributed by atoms with E-state index in [1.54, 1.807) is 0 Å². The summed E-state index contributed by atoms with van der Waals surface area (Å²) in [5.41, 5.74) is 1.11. The minimum absolute atomic E-state index is 0.0491. The van der Waals surface area contributed by atoms with E-state index < -0.39 is 0 Å². The highest BCUT2D eigenvalue weighted by Gasteiger charge is 2.00. The third kappa shape index (κ3) is 4.53. The second-order valence-electron chi connectivity index (χ2n) is 3.93. The first-order chi connectivity index (χ1) is 7.76. The van der Waals surface area contributed by atoms with Crippen LogP contribution in [0.2, 0.25) is 0 Å². The summed E-state index contributed by atoms with van der Waals surface area (Å²) in [6, 6.07) is 8.32. The van der Waals surface area contributed by atoms with Crippen molar-refractivity contribution in [1.29, 1.82) is 0 Å². The first-order valence-corrected chi connectivity index (χ1v) is 5.86. The SMILES string of the molecule is CCCC(C)Nc1ccc(OCCO)cc1. The number of hydrogen-bond donors (Lipinski definition) is 2. The van der Waals surface area contributed by atoms with Crippen LogP contribution in [-0.4, -0.2) is 24.4 Å². The molecule has 90 valence electrons. The number of nitrogens with one attached hydrogen (secondary N) is 1. The van der Waals surface area contributed by atoms with Crippen LogP contribution < -0.4 is 10.1 Å². The maximum Gasteiger partial charge on any atom is 0.119 e. The van der Waals surface area contributed by atoms with Gasteiger partial charge in [0.2, 0.25) is 0 Å². The molecule has 3 heteroatoms. The summed E-state index contributed by atoms with van der Waals surface area (Å²) < 4.78 is 5.28. The van der Waals surface area contributed by atoms with Crippen LogP contribution in [-0.2, 0) is 0 Å². The minimum atomic E-state index is 0.0491. The van der Waals surface area contributed by atoms with Crippen molar-refractivity contribution in [2.24, 2.45) is 0 Å². The molecule has 3 nitrogen and oxygen atoms in total. The van der Waals surface area contributed by atoms with Gasteiger partial charge in [-0.25, -0.2) is 0 Å². The van der Waals surface area contributed by atoms with Crippen molar-refractivity contribution in [2.45, 2.75) is 32.7 Å². The molecule has 16 heavy (non-hydrogen) atoms. The zero-order valence-electron chi connectivity index (χ0n) is 10.1. The van der Waals surface area contributed by atoms with Crippen LogP contribution in [0.1, 0.15) is 26.7 Å². The summed E-state index contributed by atoms with van der Waals surface area (Å²) in [6.45, 7) is 4.76. The predicted octanol–water partition coefficient (Wildman–Crippen LogP) is 2.66. The molecular weight excluding hydrogens is 202 g/mol. The summed E-state index contributed by atoms with van der Waals surface area (Å²) in [6.07, 6.45) is 2.36. The summed E-state index contributed by atoms with van der Waals surface area (Å²) in [5.74, 6) is 0.794. The van der Waals surface area contributed by atoms with Crippen molar-refractivity contribution in [2.75, 3.05) is 18.5 Å². The molecule has 0 radical (unpaired) electrons. The molecule has 0 bridgehead atoms. The second kappa shape index (κ2) is 7.12. The number of aliphatic hydroxyl groups is 1. The van der Waals surface area contributed by atoms with Crippen LogP contribution in [0.5, 0.6) is 5.75 Å². The molecule has 1 atom stereocenters. The van der Waals surface area contributed by atoms with Gasteiger partial charge in [-0.1, -0.05) is 13.3 Å². The van der Waals surface area contributed by atoms with E-state index in [2.05, 4.69) is 19.2 Å². The lowest BCUT2D eigenvalue weighted by atomic mass is 10.2. The molecule has 0 aromatic heterocycles. The molecule has 0 fully saturated rings. The average Bonchev–Trinajstić information content (AvgIpc) is 2.28. The monoisotopic (exact) mass is 223 g/mol. The van der Waals surface area contributed by atoms with Crippen molar-refractivity contribution in [3.63, 3.8) is 0 Å².